The minimum Gasteiger partial charge on any atom is -0.383 e. The number of benzene rings is 1. The molecule has 0 bridgehead atoms. The second kappa shape index (κ2) is 6.57. The number of pyridine rings is 1. The van der Waals surface area contributed by atoms with E-state index < -0.39 is 0 Å². The molecule has 8 heteroatoms. The molecule has 0 atom stereocenters. The van der Waals surface area contributed by atoms with Gasteiger partial charge in [-0.1, -0.05) is 0 Å². The topological polar surface area (TPSA) is 81.5 Å². The zero-order valence-corrected chi connectivity index (χ0v) is 15.4. The molecule has 4 aromatic heterocycles. The lowest BCUT2D eigenvalue weighted by molar-refractivity contribution is 0.188. The Kier molecular flexibility index (Phi) is 3.92. The van der Waals surface area contributed by atoms with Gasteiger partial charge in [-0.05, 0) is 30.3 Å². The molecule has 0 saturated carbocycles. The maximum Gasteiger partial charge on any atom is 0.178 e. The van der Waals surface area contributed by atoms with Gasteiger partial charge in [-0.25, -0.2) is 19.9 Å². The number of fused-ring (bicyclic) bond motifs is 2. The second-order valence-corrected chi connectivity index (χ2v) is 6.99. The lowest BCUT2D eigenvalue weighted by Gasteiger charge is -2.07. The lowest BCUT2D eigenvalue weighted by atomic mass is 10.2. The maximum absolute atomic E-state index is 5.26. The molecule has 5 rings (SSSR count). The van der Waals surface area contributed by atoms with Gasteiger partial charge in [0, 0.05) is 25.4 Å². The highest BCUT2D eigenvalue weighted by Crippen LogP contribution is 2.27. The second-order valence-electron chi connectivity index (χ2n) is 6.11. The minimum absolute atomic E-state index is 0.592. The van der Waals surface area contributed by atoms with E-state index in [2.05, 4.69) is 36.6 Å². The molecule has 1 aromatic carbocycles. The summed E-state index contributed by atoms with van der Waals surface area (Å²) in [4.78, 5) is 21.4. The van der Waals surface area contributed by atoms with Gasteiger partial charge < -0.3 is 14.3 Å². The number of rotatable bonds is 5. The zero-order valence-electron chi connectivity index (χ0n) is 14.6. The summed E-state index contributed by atoms with van der Waals surface area (Å²) >= 11 is 1.63. The van der Waals surface area contributed by atoms with Crippen molar-refractivity contribution in [3.63, 3.8) is 0 Å². The molecule has 0 aliphatic heterocycles. The molecule has 1 N–H and O–H groups in total. The van der Waals surface area contributed by atoms with Crippen molar-refractivity contribution in [2.24, 2.45) is 0 Å². The first kappa shape index (κ1) is 16.1. The van der Waals surface area contributed by atoms with Crippen LogP contribution in [0.5, 0.6) is 0 Å². The third-order valence-electron chi connectivity index (χ3n) is 4.46. The van der Waals surface area contributed by atoms with Gasteiger partial charge in [-0.3, -0.25) is 0 Å². The molecule has 0 radical (unpaired) electrons. The van der Waals surface area contributed by atoms with Crippen LogP contribution in [-0.2, 0) is 11.3 Å². The molecule has 5 aromatic rings. The fourth-order valence-electron chi connectivity index (χ4n) is 3.16. The molecule has 4 heterocycles. The van der Waals surface area contributed by atoms with E-state index in [0.717, 1.165) is 38.6 Å². The standard InChI is InChI=1S/C19H16N6OS/c1-26-8-7-25-15-3-2-6-20-18(15)24-19(25)14-10-21-17(23-14)12-4-5-16-13(9-12)22-11-27-16/h2-6,9-11H,7-8H2,1H3,(H,21,23). The molecular formula is C19H16N6OS. The summed E-state index contributed by atoms with van der Waals surface area (Å²) < 4.78 is 8.53. The predicted molar refractivity (Wildman–Crippen MR) is 106 cm³/mol. The SMILES string of the molecule is COCCn1c(-c2cnc(-c3ccc4scnc4c3)[nH]2)nc2ncccc21. The van der Waals surface area contributed by atoms with E-state index in [4.69, 9.17) is 9.72 Å². The number of hydrogen-bond acceptors (Lipinski definition) is 6. The smallest absolute Gasteiger partial charge is 0.178 e. The van der Waals surface area contributed by atoms with Crippen molar-refractivity contribution < 1.29 is 4.74 Å². The van der Waals surface area contributed by atoms with Gasteiger partial charge in [0.2, 0.25) is 0 Å². The summed E-state index contributed by atoms with van der Waals surface area (Å²) in [5, 5.41) is 0. The third kappa shape index (κ3) is 2.79. The molecule has 0 aliphatic rings. The van der Waals surface area contributed by atoms with E-state index in [1.165, 1.54) is 0 Å². The summed E-state index contributed by atoms with van der Waals surface area (Å²) in [6, 6.07) is 10.1. The Morgan fingerprint density at radius 3 is 3.07 bits per heavy atom. The largest absolute Gasteiger partial charge is 0.383 e. The summed E-state index contributed by atoms with van der Waals surface area (Å²) in [6.07, 6.45) is 3.56. The molecule has 0 saturated heterocycles. The van der Waals surface area contributed by atoms with Crippen molar-refractivity contribution in [1.82, 2.24) is 29.5 Å². The number of thiazole rings is 1. The van der Waals surface area contributed by atoms with Crippen LogP contribution < -0.4 is 0 Å². The highest BCUT2D eigenvalue weighted by Gasteiger charge is 2.16. The van der Waals surface area contributed by atoms with Crippen LogP contribution in [0.2, 0.25) is 0 Å². The highest BCUT2D eigenvalue weighted by atomic mass is 32.1. The van der Waals surface area contributed by atoms with Crippen LogP contribution in [-0.4, -0.2) is 43.2 Å². The van der Waals surface area contributed by atoms with Gasteiger partial charge in [0.25, 0.3) is 0 Å². The van der Waals surface area contributed by atoms with Gasteiger partial charge >= 0.3 is 0 Å². The summed E-state index contributed by atoms with van der Waals surface area (Å²) in [7, 11) is 1.69. The van der Waals surface area contributed by atoms with Crippen LogP contribution in [0.3, 0.4) is 0 Å². The quantitative estimate of drug-likeness (QED) is 0.505. The first-order valence-electron chi connectivity index (χ1n) is 8.52. The Morgan fingerprint density at radius 1 is 1.19 bits per heavy atom. The Labute approximate surface area is 158 Å². The fraction of sp³-hybridized carbons (Fsp3) is 0.158. The number of hydrogen-bond donors (Lipinski definition) is 1. The average Bonchev–Trinajstić information content (AvgIpc) is 3.43. The fourth-order valence-corrected chi connectivity index (χ4v) is 3.82. The van der Waals surface area contributed by atoms with Crippen LogP contribution in [0.15, 0.2) is 48.2 Å². The maximum atomic E-state index is 5.26. The van der Waals surface area contributed by atoms with Gasteiger partial charge in [0.05, 0.1) is 34.0 Å². The molecule has 0 unspecified atom stereocenters. The molecule has 27 heavy (non-hydrogen) atoms. The van der Waals surface area contributed by atoms with E-state index in [9.17, 15) is 0 Å². The number of aromatic nitrogens is 6. The van der Waals surface area contributed by atoms with Crippen molar-refractivity contribution in [1.29, 1.82) is 0 Å². The molecule has 7 nitrogen and oxygen atoms in total. The molecule has 134 valence electrons. The van der Waals surface area contributed by atoms with Gasteiger partial charge in [-0.2, -0.15) is 0 Å². The Bertz CT molecular complexity index is 1240. The molecule has 0 aliphatic carbocycles. The summed E-state index contributed by atoms with van der Waals surface area (Å²) in [6.45, 7) is 1.28. The van der Waals surface area contributed by atoms with Crippen LogP contribution in [0.1, 0.15) is 0 Å². The monoisotopic (exact) mass is 376 g/mol. The Morgan fingerprint density at radius 2 is 2.15 bits per heavy atom. The van der Waals surface area contributed by atoms with E-state index >= 15 is 0 Å². The van der Waals surface area contributed by atoms with Crippen LogP contribution >= 0.6 is 11.3 Å². The molecule has 0 amide bonds. The first-order chi connectivity index (χ1) is 13.3. The van der Waals surface area contributed by atoms with Crippen molar-refractivity contribution in [3.05, 3.63) is 48.2 Å². The van der Waals surface area contributed by atoms with Crippen molar-refractivity contribution in [2.45, 2.75) is 6.54 Å². The van der Waals surface area contributed by atoms with Crippen molar-refractivity contribution in [3.8, 4) is 22.9 Å². The van der Waals surface area contributed by atoms with Gasteiger partial charge in [0.15, 0.2) is 11.5 Å². The molecule has 0 spiro atoms. The number of aromatic amines is 1. The number of ether oxygens (including phenoxy) is 1. The number of nitrogens with one attached hydrogen (secondary N) is 1. The zero-order chi connectivity index (χ0) is 18.2. The van der Waals surface area contributed by atoms with Crippen molar-refractivity contribution in [2.75, 3.05) is 13.7 Å². The normalized spacial score (nSPS) is 11.6. The number of imidazole rings is 2. The minimum atomic E-state index is 0.592. The van der Waals surface area contributed by atoms with Gasteiger partial charge in [0.1, 0.15) is 11.5 Å². The van der Waals surface area contributed by atoms with Crippen molar-refractivity contribution >= 4 is 32.7 Å². The Hall–Kier alpha value is -3.10. The Balaban J connectivity index is 1.59. The predicted octanol–water partition coefficient (Wildman–Crippen LogP) is 3.74. The van der Waals surface area contributed by atoms with E-state index in [0.29, 0.717) is 18.8 Å². The number of nitrogens with zero attached hydrogens (tertiary/aromatic N) is 5. The van der Waals surface area contributed by atoms with E-state index in [-0.39, 0.29) is 0 Å². The summed E-state index contributed by atoms with van der Waals surface area (Å²) in [5.74, 6) is 1.59. The number of methoxy groups -OCH3 is 1. The van der Waals surface area contributed by atoms with Crippen LogP contribution in [0.25, 0.3) is 44.3 Å². The lowest BCUT2D eigenvalue weighted by Crippen LogP contribution is -2.06. The van der Waals surface area contributed by atoms with Crippen LogP contribution in [0, 0.1) is 0 Å². The van der Waals surface area contributed by atoms with E-state index in [1.807, 2.05) is 29.9 Å². The van der Waals surface area contributed by atoms with Gasteiger partial charge in [-0.15, -0.1) is 11.3 Å². The molecule has 0 fully saturated rings. The highest BCUT2D eigenvalue weighted by molar-refractivity contribution is 7.16. The number of H-pyrrole nitrogens is 1. The third-order valence-corrected chi connectivity index (χ3v) is 5.27. The van der Waals surface area contributed by atoms with E-state index in [1.54, 1.807) is 24.6 Å². The average molecular weight is 376 g/mol. The summed E-state index contributed by atoms with van der Waals surface area (Å²) in [5.41, 5.74) is 6.36. The first-order valence-corrected chi connectivity index (χ1v) is 9.40. The van der Waals surface area contributed by atoms with Crippen LogP contribution in [0.4, 0.5) is 0 Å². The molecular weight excluding hydrogens is 360 g/mol.